The molecule has 0 fully saturated rings. The van der Waals surface area contributed by atoms with Gasteiger partial charge in [-0.25, -0.2) is 8.42 Å². The van der Waals surface area contributed by atoms with Crippen LogP contribution in [0.1, 0.15) is 11.1 Å². The molecule has 0 aliphatic rings. The van der Waals surface area contributed by atoms with Gasteiger partial charge in [-0.3, -0.25) is 4.72 Å². The number of ether oxygens (including phenoxy) is 2. The van der Waals surface area contributed by atoms with Gasteiger partial charge in [-0.2, -0.15) is 0 Å². The predicted octanol–water partition coefficient (Wildman–Crippen LogP) is 3.12. The highest BCUT2D eigenvalue weighted by atomic mass is 32.2. The van der Waals surface area contributed by atoms with Crippen molar-refractivity contribution in [2.24, 2.45) is 0 Å². The Hall–Kier alpha value is -2.21. The van der Waals surface area contributed by atoms with E-state index in [1.807, 2.05) is 19.9 Å². The molecular weight excluding hydrogens is 302 g/mol. The number of sulfonamides is 1. The standard InChI is InChI=1S/C16H19NO4S/c1-11-9-12(2)16(21-4)15(10-11)22(18,19)17-13-7-5-6-8-14(13)20-3/h5-10,17H,1-4H3. The Kier molecular flexibility index (Phi) is 4.61. The predicted molar refractivity (Wildman–Crippen MR) is 86.3 cm³/mol. The van der Waals surface area contributed by atoms with Crippen LogP contribution in [0, 0.1) is 13.8 Å². The smallest absolute Gasteiger partial charge is 0.265 e. The molecule has 5 nitrogen and oxygen atoms in total. The minimum absolute atomic E-state index is 0.110. The fourth-order valence-corrected chi connectivity index (χ4v) is 3.70. The Bertz CT molecular complexity index is 785. The van der Waals surface area contributed by atoms with Crippen LogP contribution in [0.4, 0.5) is 5.69 Å². The Morgan fingerprint density at radius 3 is 2.32 bits per heavy atom. The average Bonchev–Trinajstić information content (AvgIpc) is 2.46. The molecule has 0 aliphatic carbocycles. The molecule has 0 amide bonds. The lowest BCUT2D eigenvalue weighted by molar-refractivity contribution is 0.399. The van der Waals surface area contributed by atoms with Crippen molar-refractivity contribution in [1.29, 1.82) is 0 Å². The quantitative estimate of drug-likeness (QED) is 0.919. The van der Waals surface area contributed by atoms with Crippen molar-refractivity contribution in [3.63, 3.8) is 0 Å². The van der Waals surface area contributed by atoms with Crippen LogP contribution in [-0.4, -0.2) is 22.6 Å². The summed E-state index contributed by atoms with van der Waals surface area (Å²) in [7, 11) is -0.840. The third-order valence-electron chi connectivity index (χ3n) is 3.23. The first-order valence-corrected chi connectivity index (χ1v) is 8.18. The minimum atomic E-state index is -3.79. The van der Waals surface area contributed by atoms with Gasteiger partial charge in [0.05, 0.1) is 19.9 Å². The van der Waals surface area contributed by atoms with Crippen LogP contribution in [0.3, 0.4) is 0 Å². The van der Waals surface area contributed by atoms with Gasteiger partial charge in [0.15, 0.2) is 0 Å². The molecule has 0 aromatic heterocycles. The lowest BCUT2D eigenvalue weighted by atomic mass is 10.1. The van der Waals surface area contributed by atoms with Crippen LogP contribution < -0.4 is 14.2 Å². The van der Waals surface area contributed by atoms with E-state index in [4.69, 9.17) is 9.47 Å². The van der Waals surface area contributed by atoms with Crippen molar-refractivity contribution >= 4 is 15.7 Å². The summed E-state index contributed by atoms with van der Waals surface area (Å²) >= 11 is 0. The first kappa shape index (κ1) is 16.2. The van der Waals surface area contributed by atoms with Gasteiger partial charge in [-0.15, -0.1) is 0 Å². The molecule has 0 radical (unpaired) electrons. The number of hydrogen-bond donors (Lipinski definition) is 1. The summed E-state index contributed by atoms with van der Waals surface area (Å²) in [5.41, 5.74) is 1.99. The summed E-state index contributed by atoms with van der Waals surface area (Å²) in [6.07, 6.45) is 0. The van der Waals surface area contributed by atoms with E-state index in [-0.39, 0.29) is 4.90 Å². The molecule has 0 bridgehead atoms. The molecule has 118 valence electrons. The van der Waals surface area contributed by atoms with Crippen LogP contribution >= 0.6 is 0 Å². The van der Waals surface area contributed by atoms with Crippen molar-refractivity contribution in [2.45, 2.75) is 18.7 Å². The monoisotopic (exact) mass is 321 g/mol. The topological polar surface area (TPSA) is 64.6 Å². The Balaban J connectivity index is 2.52. The Morgan fingerprint density at radius 1 is 1.00 bits per heavy atom. The molecule has 22 heavy (non-hydrogen) atoms. The summed E-state index contributed by atoms with van der Waals surface area (Å²) in [5.74, 6) is 0.794. The first-order chi connectivity index (χ1) is 10.4. The van der Waals surface area contributed by atoms with Crippen LogP contribution in [-0.2, 0) is 10.0 Å². The molecule has 0 saturated carbocycles. The fourth-order valence-electron chi connectivity index (χ4n) is 2.31. The maximum absolute atomic E-state index is 12.7. The number of para-hydroxylation sites is 2. The molecule has 0 unspecified atom stereocenters. The zero-order valence-electron chi connectivity index (χ0n) is 13.0. The molecule has 1 N–H and O–H groups in total. The zero-order chi connectivity index (χ0) is 16.3. The van der Waals surface area contributed by atoms with E-state index in [9.17, 15) is 8.42 Å². The van der Waals surface area contributed by atoms with Crippen molar-refractivity contribution in [2.75, 3.05) is 18.9 Å². The number of benzene rings is 2. The third-order valence-corrected chi connectivity index (χ3v) is 4.60. The van der Waals surface area contributed by atoms with Crippen molar-refractivity contribution < 1.29 is 17.9 Å². The van der Waals surface area contributed by atoms with Crippen molar-refractivity contribution in [3.05, 3.63) is 47.5 Å². The van der Waals surface area contributed by atoms with E-state index in [2.05, 4.69) is 4.72 Å². The summed E-state index contributed by atoms with van der Waals surface area (Å²) in [6.45, 7) is 3.66. The number of aryl methyl sites for hydroxylation is 2. The van der Waals surface area contributed by atoms with Crippen molar-refractivity contribution in [3.8, 4) is 11.5 Å². The highest BCUT2D eigenvalue weighted by Gasteiger charge is 2.22. The summed E-state index contributed by atoms with van der Waals surface area (Å²) in [5, 5.41) is 0. The summed E-state index contributed by atoms with van der Waals surface area (Å²) < 4.78 is 38.4. The Morgan fingerprint density at radius 2 is 1.68 bits per heavy atom. The third kappa shape index (κ3) is 3.17. The van der Waals surface area contributed by atoms with E-state index in [0.717, 1.165) is 11.1 Å². The zero-order valence-corrected chi connectivity index (χ0v) is 13.8. The average molecular weight is 321 g/mol. The molecular formula is C16H19NO4S. The second-order valence-corrected chi connectivity index (χ2v) is 6.57. The molecule has 2 rings (SSSR count). The lowest BCUT2D eigenvalue weighted by Gasteiger charge is -2.15. The molecule has 6 heteroatoms. The van der Waals surface area contributed by atoms with Gasteiger partial charge < -0.3 is 9.47 Å². The SMILES string of the molecule is COc1ccccc1NS(=O)(=O)c1cc(C)cc(C)c1OC. The summed E-state index contributed by atoms with van der Waals surface area (Å²) in [6, 6.07) is 10.3. The second kappa shape index (κ2) is 6.27. The number of anilines is 1. The van der Waals surface area contributed by atoms with Crippen LogP contribution in [0.2, 0.25) is 0 Å². The van der Waals surface area contributed by atoms with E-state index >= 15 is 0 Å². The number of nitrogens with one attached hydrogen (secondary N) is 1. The Labute approximate surface area is 130 Å². The number of rotatable bonds is 5. The molecule has 2 aromatic rings. The maximum Gasteiger partial charge on any atom is 0.265 e. The van der Waals surface area contributed by atoms with Gasteiger partial charge in [-0.05, 0) is 43.2 Å². The van der Waals surface area contributed by atoms with E-state index in [0.29, 0.717) is 17.2 Å². The van der Waals surface area contributed by atoms with Gasteiger partial charge in [0.2, 0.25) is 0 Å². The highest BCUT2D eigenvalue weighted by Crippen LogP contribution is 2.32. The molecule has 0 heterocycles. The van der Waals surface area contributed by atoms with Crippen LogP contribution in [0.5, 0.6) is 11.5 Å². The summed E-state index contributed by atoms with van der Waals surface area (Å²) in [4.78, 5) is 0.110. The molecule has 2 aromatic carbocycles. The van der Waals surface area contributed by atoms with Gasteiger partial charge in [-0.1, -0.05) is 18.2 Å². The molecule has 0 aliphatic heterocycles. The van der Waals surface area contributed by atoms with E-state index < -0.39 is 10.0 Å². The fraction of sp³-hybridized carbons (Fsp3) is 0.250. The largest absolute Gasteiger partial charge is 0.495 e. The van der Waals surface area contributed by atoms with Gasteiger partial charge in [0.25, 0.3) is 10.0 Å². The van der Waals surface area contributed by atoms with Gasteiger partial charge in [0.1, 0.15) is 16.4 Å². The number of methoxy groups -OCH3 is 2. The first-order valence-electron chi connectivity index (χ1n) is 6.70. The maximum atomic E-state index is 12.7. The van der Waals surface area contributed by atoms with Gasteiger partial charge >= 0.3 is 0 Å². The lowest BCUT2D eigenvalue weighted by Crippen LogP contribution is -2.15. The van der Waals surface area contributed by atoms with E-state index in [1.165, 1.54) is 14.2 Å². The van der Waals surface area contributed by atoms with Crippen LogP contribution in [0.25, 0.3) is 0 Å². The molecule has 0 spiro atoms. The second-order valence-electron chi connectivity index (χ2n) is 4.92. The molecule has 0 saturated heterocycles. The van der Waals surface area contributed by atoms with Gasteiger partial charge in [0, 0.05) is 0 Å². The highest BCUT2D eigenvalue weighted by molar-refractivity contribution is 7.92. The minimum Gasteiger partial charge on any atom is -0.495 e. The van der Waals surface area contributed by atoms with Crippen LogP contribution in [0.15, 0.2) is 41.3 Å². The normalized spacial score (nSPS) is 11.1. The molecule has 0 atom stereocenters. The van der Waals surface area contributed by atoms with E-state index in [1.54, 1.807) is 30.3 Å². The van der Waals surface area contributed by atoms with Crippen molar-refractivity contribution in [1.82, 2.24) is 0 Å². The number of hydrogen-bond acceptors (Lipinski definition) is 4.